The third kappa shape index (κ3) is 4.18. The van der Waals surface area contributed by atoms with Crippen LogP contribution in [0.2, 0.25) is 0 Å². The molecule has 1 aromatic heterocycles. The summed E-state index contributed by atoms with van der Waals surface area (Å²) < 4.78 is 10.8. The summed E-state index contributed by atoms with van der Waals surface area (Å²) in [6.07, 6.45) is 0. The van der Waals surface area contributed by atoms with Crippen LogP contribution in [0.15, 0.2) is 12.1 Å². The first-order valence-corrected chi connectivity index (χ1v) is 6.13. The van der Waals surface area contributed by atoms with Gasteiger partial charge < -0.3 is 9.47 Å². The first-order chi connectivity index (χ1) is 7.27. The van der Waals surface area contributed by atoms with Gasteiger partial charge in [-0.05, 0) is 26.0 Å². The molecule has 3 nitrogen and oxygen atoms in total. The molecule has 1 heterocycles. The van der Waals surface area contributed by atoms with Gasteiger partial charge in [-0.25, -0.2) is 0 Å². The minimum atomic E-state index is 0.568. The van der Waals surface area contributed by atoms with Crippen molar-refractivity contribution >= 4 is 15.9 Å². The molecule has 0 aliphatic rings. The maximum absolute atomic E-state index is 5.57. The highest BCUT2D eigenvalue weighted by atomic mass is 79.9. The molecule has 0 N–H and O–H groups in total. The average Bonchev–Trinajstić information content (AvgIpc) is 2.26. The van der Waals surface area contributed by atoms with Gasteiger partial charge in [-0.15, -0.1) is 0 Å². The minimum absolute atomic E-state index is 0.568. The van der Waals surface area contributed by atoms with Gasteiger partial charge in [0.05, 0.1) is 12.3 Å². The number of rotatable bonds is 6. The van der Waals surface area contributed by atoms with Crippen LogP contribution in [-0.2, 0) is 10.1 Å². The molecule has 0 atom stereocenters. The van der Waals surface area contributed by atoms with E-state index in [4.69, 9.17) is 9.47 Å². The summed E-state index contributed by atoms with van der Waals surface area (Å²) in [5.74, 6) is 0.831. The average molecular weight is 274 g/mol. The molecule has 0 saturated heterocycles. The topological polar surface area (TPSA) is 31.4 Å². The summed E-state index contributed by atoms with van der Waals surface area (Å²) in [5.41, 5.74) is 1.94. The first kappa shape index (κ1) is 12.5. The predicted octanol–water partition coefficient (Wildman–Crippen LogP) is 2.70. The summed E-state index contributed by atoms with van der Waals surface area (Å²) in [6.45, 7) is 5.85. The SMILES string of the molecule is CCOCCOc1ccc(C)nc1CBr. The lowest BCUT2D eigenvalue weighted by Gasteiger charge is -2.09. The highest BCUT2D eigenvalue weighted by Gasteiger charge is 2.03. The molecule has 0 radical (unpaired) electrons. The quantitative estimate of drug-likeness (QED) is 0.590. The van der Waals surface area contributed by atoms with Gasteiger partial charge in [-0.3, -0.25) is 4.98 Å². The fourth-order valence-corrected chi connectivity index (χ4v) is 1.58. The van der Waals surface area contributed by atoms with Gasteiger partial charge in [0.25, 0.3) is 0 Å². The fraction of sp³-hybridized carbons (Fsp3) is 0.545. The minimum Gasteiger partial charge on any atom is -0.489 e. The highest BCUT2D eigenvalue weighted by Crippen LogP contribution is 2.19. The fourth-order valence-electron chi connectivity index (χ4n) is 1.18. The lowest BCUT2D eigenvalue weighted by Crippen LogP contribution is -2.08. The van der Waals surface area contributed by atoms with E-state index in [1.54, 1.807) is 0 Å². The molecule has 0 saturated carbocycles. The number of aromatic nitrogens is 1. The molecule has 4 heteroatoms. The molecule has 0 spiro atoms. The van der Waals surface area contributed by atoms with E-state index in [2.05, 4.69) is 20.9 Å². The van der Waals surface area contributed by atoms with Crippen LogP contribution in [-0.4, -0.2) is 24.8 Å². The Morgan fingerprint density at radius 3 is 2.80 bits per heavy atom. The van der Waals surface area contributed by atoms with Gasteiger partial charge >= 0.3 is 0 Å². The van der Waals surface area contributed by atoms with E-state index in [0.717, 1.165) is 23.7 Å². The highest BCUT2D eigenvalue weighted by molar-refractivity contribution is 9.08. The summed E-state index contributed by atoms with van der Waals surface area (Å²) >= 11 is 3.39. The Morgan fingerprint density at radius 1 is 1.33 bits per heavy atom. The van der Waals surface area contributed by atoms with E-state index in [-0.39, 0.29) is 0 Å². The lowest BCUT2D eigenvalue weighted by molar-refractivity contribution is 0.109. The van der Waals surface area contributed by atoms with E-state index in [1.165, 1.54) is 0 Å². The first-order valence-electron chi connectivity index (χ1n) is 5.01. The summed E-state index contributed by atoms with van der Waals surface area (Å²) in [7, 11) is 0. The summed E-state index contributed by atoms with van der Waals surface area (Å²) in [6, 6.07) is 3.90. The normalized spacial score (nSPS) is 10.3. The van der Waals surface area contributed by atoms with Gasteiger partial charge in [-0.2, -0.15) is 0 Å². The van der Waals surface area contributed by atoms with Crippen LogP contribution < -0.4 is 4.74 Å². The van der Waals surface area contributed by atoms with Crippen LogP contribution in [0.4, 0.5) is 0 Å². The maximum Gasteiger partial charge on any atom is 0.141 e. The van der Waals surface area contributed by atoms with E-state index >= 15 is 0 Å². The van der Waals surface area contributed by atoms with Crippen molar-refractivity contribution in [1.29, 1.82) is 0 Å². The van der Waals surface area contributed by atoms with Crippen LogP contribution in [0.25, 0.3) is 0 Å². The second-order valence-corrected chi connectivity index (χ2v) is 3.64. The van der Waals surface area contributed by atoms with Crippen LogP contribution in [0.5, 0.6) is 5.75 Å². The zero-order chi connectivity index (χ0) is 11.1. The molecule has 0 aliphatic carbocycles. The molecule has 0 unspecified atom stereocenters. The zero-order valence-electron chi connectivity index (χ0n) is 9.12. The molecule has 0 amide bonds. The Balaban J connectivity index is 2.52. The molecular formula is C11H16BrNO2. The molecule has 0 aromatic carbocycles. The van der Waals surface area contributed by atoms with Gasteiger partial charge in [0.1, 0.15) is 12.4 Å². The van der Waals surface area contributed by atoms with E-state index < -0.39 is 0 Å². The second-order valence-electron chi connectivity index (χ2n) is 3.08. The van der Waals surface area contributed by atoms with Crippen molar-refractivity contribution in [3.8, 4) is 5.75 Å². The van der Waals surface area contributed by atoms with Crippen LogP contribution in [0, 0.1) is 6.92 Å². The van der Waals surface area contributed by atoms with Crippen molar-refractivity contribution in [2.75, 3.05) is 19.8 Å². The number of pyridine rings is 1. The maximum atomic E-state index is 5.57. The van der Waals surface area contributed by atoms with Gasteiger partial charge in [0.15, 0.2) is 0 Å². The molecule has 1 rings (SSSR count). The predicted molar refractivity (Wildman–Crippen MR) is 63.6 cm³/mol. The van der Waals surface area contributed by atoms with Gasteiger partial charge in [0.2, 0.25) is 0 Å². The van der Waals surface area contributed by atoms with Gasteiger partial charge in [0, 0.05) is 17.6 Å². The van der Waals surface area contributed by atoms with Crippen molar-refractivity contribution in [2.24, 2.45) is 0 Å². The van der Waals surface area contributed by atoms with Crippen LogP contribution in [0.1, 0.15) is 18.3 Å². The van der Waals surface area contributed by atoms with Crippen molar-refractivity contribution in [3.05, 3.63) is 23.5 Å². The Labute approximate surface area is 98.9 Å². The Bertz CT molecular complexity index is 305. The van der Waals surface area contributed by atoms with E-state index in [0.29, 0.717) is 18.5 Å². The van der Waals surface area contributed by atoms with Crippen molar-refractivity contribution in [2.45, 2.75) is 19.2 Å². The molecule has 0 fully saturated rings. The number of alkyl halides is 1. The van der Waals surface area contributed by atoms with Crippen LogP contribution >= 0.6 is 15.9 Å². The number of hydrogen-bond acceptors (Lipinski definition) is 3. The zero-order valence-corrected chi connectivity index (χ0v) is 10.7. The molecule has 1 aromatic rings. The number of nitrogens with zero attached hydrogens (tertiary/aromatic N) is 1. The van der Waals surface area contributed by atoms with Gasteiger partial charge in [-0.1, -0.05) is 15.9 Å². The lowest BCUT2D eigenvalue weighted by atomic mass is 10.3. The molecule has 0 aliphatic heterocycles. The summed E-state index contributed by atoms with van der Waals surface area (Å²) in [4.78, 5) is 4.38. The number of hydrogen-bond donors (Lipinski definition) is 0. The molecule has 0 bridgehead atoms. The third-order valence-corrected chi connectivity index (χ3v) is 2.42. The summed E-state index contributed by atoms with van der Waals surface area (Å²) in [5, 5.41) is 0.707. The van der Waals surface area contributed by atoms with Crippen molar-refractivity contribution < 1.29 is 9.47 Å². The molecule has 84 valence electrons. The van der Waals surface area contributed by atoms with Crippen molar-refractivity contribution in [1.82, 2.24) is 4.98 Å². The Hall–Kier alpha value is -0.610. The van der Waals surface area contributed by atoms with E-state index in [9.17, 15) is 0 Å². The monoisotopic (exact) mass is 273 g/mol. The molecular weight excluding hydrogens is 258 g/mol. The molecule has 15 heavy (non-hydrogen) atoms. The third-order valence-electron chi connectivity index (χ3n) is 1.89. The Morgan fingerprint density at radius 2 is 2.13 bits per heavy atom. The van der Waals surface area contributed by atoms with Crippen molar-refractivity contribution in [3.63, 3.8) is 0 Å². The number of aryl methyl sites for hydroxylation is 1. The largest absolute Gasteiger partial charge is 0.489 e. The number of ether oxygens (including phenoxy) is 2. The second kappa shape index (κ2) is 6.80. The van der Waals surface area contributed by atoms with E-state index in [1.807, 2.05) is 26.0 Å². The number of halogens is 1. The van der Waals surface area contributed by atoms with Crippen LogP contribution in [0.3, 0.4) is 0 Å². The standard InChI is InChI=1S/C11H16BrNO2/c1-3-14-6-7-15-11-5-4-9(2)13-10(11)8-12/h4-5H,3,6-8H2,1-2H3. The smallest absolute Gasteiger partial charge is 0.141 e. The Kier molecular flexibility index (Phi) is 5.65.